The lowest BCUT2D eigenvalue weighted by atomic mass is 10.2. The van der Waals surface area contributed by atoms with Gasteiger partial charge < -0.3 is 0 Å². The Hall–Kier alpha value is -1.80. The zero-order valence-electron chi connectivity index (χ0n) is 11.0. The van der Waals surface area contributed by atoms with Gasteiger partial charge in [0.25, 0.3) is 0 Å². The molecule has 2 heterocycles. The zero-order valence-corrected chi connectivity index (χ0v) is 12.6. The van der Waals surface area contributed by atoms with Crippen molar-refractivity contribution in [3.05, 3.63) is 53.7 Å². The molecule has 1 unspecified atom stereocenters. The van der Waals surface area contributed by atoms with Crippen LogP contribution in [0.25, 0.3) is 10.3 Å². The lowest BCUT2D eigenvalue weighted by Gasteiger charge is -2.04. The van der Waals surface area contributed by atoms with E-state index in [-0.39, 0.29) is 20.4 Å². The van der Waals surface area contributed by atoms with Gasteiger partial charge in [0.05, 0.1) is 26.8 Å². The molecule has 0 saturated heterocycles. The highest BCUT2D eigenvalue weighted by molar-refractivity contribution is 7.86. The number of thiazole rings is 1. The van der Waals surface area contributed by atoms with Crippen LogP contribution in [0.2, 0.25) is 0 Å². The molecule has 0 radical (unpaired) electrons. The molecule has 0 aliphatic heterocycles. The van der Waals surface area contributed by atoms with Crippen molar-refractivity contribution in [2.24, 2.45) is 0 Å². The van der Waals surface area contributed by atoms with Gasteiger partial charge in [0.15, 0.2) is 9.99 Å². The predicted molar refractivity (Wildman–Crippen MR) is 79.0 cm³/mol. The summed E-state index contributed by atoms with van der Waals surface area (Å²) in [6.45, 7) is 0. The van der Waals surface area contributed by atoms with E-state index in [1.807, 2.05) is 30.3 Å². The lowest BCUT2D eigenvalue weighted by Crippen LogP contribution is -2.04. The van der Waals surface area contributed by atoms with Crippen molar-refractivity contribution < 1.29 is 17.4 Å². The van der Waals surface area contributed by atoms with Crippen LogP contribution in [-0.4, -0.2) is 14.2 Å². The minimum atomic E-state index is -4.45. The predicted octanol–water partition coefficient (Wildman–Crippen LogP) is 4.02. The largest absolute Gasteiger partial charge is 0.417 e. The van der Waals surface area contributed by atoms with Gasteiger partial charge in [-0.2, -0.15) is 13.2 Å². The molecule has 0 aliphatic carbocycles. The number of nitrogens with zero attached hydrogens (tertiary/aromatic N) is 2. The third kappa shape index (κ3) is 3.17. The van der Waals surface area contributed by atoms with Gasteiger partial charge in [-0.05, 0) is 11.6 Å². The molecule has 0 saturated carbocycles. The molecule has 2 aromatic heterocycles. The standard InChI is InChI=1S/C14H9F3N2OS2/c15-14(16,17)10-6-11-12(18-7-10)19-13(21-11)22(20)8-9-4-2-1-3-5-9/h1-7H,8H2. The summed E-state index contributed by atoms with van der Waals surface area (Å²) < 4.78 is 50.8. The maximum absolute atomic E-state index is 12.7. The molecule has 22 heavy (non-hydrogen) atoms. The topological polar surface area (TPSA) is 42.9 Å². The minimum Gasteiger partial charge on any atom is -0.252 e. The lowest BCUT2D eigenvalue weighted by molar-refractivity contribution is -0.137. The Morgan fingerprint density at radius 2 is 1.91 bits per heavy atom. The number of aromatic nitrogens is 2. The van der Waals surface area contributed by atoms with Gasteiger partial charge in [0, 0.05) is 6.20 Å². The van der Waals surface area contributed by atoms with Gasteiger partial charge in [-0.1, -0.05) is 30.3 Å². The molecule has 3 rings (SSSR count). The van der Waals surface area contributed by atoms with Gasteiger partial charge in [-0.3, -0.25) is 4.21 Å². The highest BCUT2D eigenvalue weighted by Crippen LogP contribution is 2.32. The number of halogens is 3. The first kappa shape index (κ1) is 15.1. The summed E-state index contributed by atoms with van der Waals surface area (Å²) in [5.74, 6) is 0.271. The van der Waals surface area contributed by atoms with E-state index in [1.165, 1.54) is 0 Å². The van der Waals surface area contributed by atoms with Crippen molar-refractivity contribution in [3.8, 4) is 0 Å². The number of hydrogen-bond acceptors (Lipinski definition) is 4. The summed E-state index contributed by atoms with van der Waals surface area (Å²) in [6.07, 6.45) is -3.71. The SMILES string of the molecule is O=S(Cc1ccccc1)c1nc2ncc(C(F)(F)F)cc2s1. The van der Waals surface area contributed by atoms with Crippen molar-refractivity contribution in [1.29, 1.82) is 0 Å². The first-order valence-electron chi connectivity index (χ1n) is 6.19. The molecule has 3 aromatic rings. The van der Waals surface area contributed by atoms with Crippen molar-refractivity contribution in [3.63, 3.8) is 0 Å². The van der Waals surface area contributed by atoms with E-state index in [0.717, 1.165) is 29.2 Å². The number of alkyl halides is 3. The average molecular weight is 342 g/mol. The van der Waals surface area contributed by atoms with Crippen molar-refractivity contribution >= 4 is 32.5 Å². The normalized spacial score (nSPS) is 13.4. The molecule has 0 fully saturated rings. The second-order valence-corrected chi connectivity index (χ2v) is 7.15. The summed E-state index contributed by atoms with van der Waals surface area (Å²) >= 11 is 0.981. The molecule has 1 aromatic carbocycles. The molecule has 1 atom stereocenters. The van der Waals surface area contributed by atoms with Crippen LogP contribution in [0.3, 0.4) is 0 Å². The number of hydrogen-bond donors (Lipinski definition) is 0. The summed E-state index contributed by atoms with van der Waals surface area (Å²) in [5, 5.41) is 0. The van der Waals surface area contributed by atoms with Gasteiger partial charge in [0.2, 0.25) is 0 Å². The molecule has 3 nitrogen and oxygen atoms in total. The van der Waals surface area contributed by atoms with Crippen molar-refractivity contribution in [2.75, 3.05) is 0 Å². The first-order chi connectivity index (χ1) is 10.4. The quantitative estimate of drug-likeness (QED) is 0.722. The molecular formula is C14H9F3N2OS2. The molecule has 114 valence electrons. The second kappa shape index (κ2) is 5.77. The third-order valence-electron chi connectivity index (χ3n) is 2.89. The van der Waals surface area contributed by atoms with E-state index in [2.05, 4.69) is 9.97 Å². The highest BCUT2D eigenvalue weighted by Gasteiger charge is 2.31. The Balaban J connectivity index is 1.90. The maximum Gasteiger partial charge on any atom is 0.417 e. The summed E-state index contributed by atoms with van der Waals surface area (Å²) in [5.41, 5.74) is 0.238. The fourth-order valence-electron chi connectivity index (χ4n) is 1.84. The molecule has 8 heteroatoms. The van der Waals surface area contributed by atoms with E-state index in [0.29, 0.717) is 0 Å². The van der Waals surface area contributed by atoms with Gasteiger partial charge in [-0.15, -0.1) is 11.3 Å². The highest BCUT2D eigenvalue weighted by atomic mass is 32.2. The fourth-order valence-corrected chi connectivity index (χ4v) is 4.16. The zero-order chi connectivity index (χ0) is 15.7. The average Bonchev–Trinajstić information content (AvgIpc) is 2.90. The maximum atomic E-state index is 12.7. The molecule has 0 aliphatic rings. The summed E-state index contributed by atoms with van der Waals surface area (Å²) in [7, 11) is -1.41. The molecule has 0 bridgehead atoms. The van der Waals surface area contributed by atoms with Crippen LogP contribution in [-0.2, 0) is 22.7 Å². The Morgan fingerprint density at radius 3 is 2.59 bits per heavy atom. The molecular weight excluding hydrogens is 333 g/mol. The fraction of sp³-hybridized carbons (Fsp3) is 0.143. The van der Waals surface area contributed by atoms with E-state index in [9.17, 15) is 17.4 Å². The molecule has 0 spiro atoms. The van der Waals surface area contributed by atoms with E-state index >= 15 is 0 Å². The van der Waals surface area contributed by atoms with E-state index < -0.39 is 22.5 Å². The summed E-state index contributed by atoms with van der Waals surface area (Å²) in [6, 6.07) is 10.2. The van der Waals surface area contributed by atoms with Crippen molar-refractivity contribution in [2.45, 2.75) is 16.3 Å². The molecule has 0 N–H and O–H groups in total. The third-order valence-corrected chi connectivity index (χ3v) is 5.56. The van der Waals surface area contributed by atoms with Crippen LogP contribution in [0.5, 0.6) is 0 Å². The first-order valence-corrected chi connectivity index (χ1v) is 8.33. The van der Waals surface area contributed by atoms with Crippen molar-refractivity contribution in [1.82, 2.24) is 9.97 Å². The number of pyridine rings is 1. The minimum absolute atomic E-state index is 0.189. The van der Waals surface area contributed by atoms with Crippen LogP contribution in [0.1, 0.15) is 11.1 Å². The van der Waals surface area contributed by atoms with Gasteiger partial charge in [0.1, 0.15) is 0 Å². The monoisotopic (exact) mass is 342 g/mol. The van der Waals surface area contributed by atoms with Crippen LogP contribution in [0, 0.1) is 0 Å². The van der Waals surface area contributed by atoms with Crippen LogP contribution >= 0.6 is 11.3 Å². The Bertz CT molecular complexity index is 831. The Labute approximate surface area is 130 Å². The molecule has 0 amide bonds. The Kier molecular flexibility index (Phi) is 3.96. The summed E-state index contributed by atoms with van der Waals surface area (Å²) in [4.78, 5) is 7.77. The number of fused-ring (bicyclic) bond motifs is 1. The van der Waals surface area contributed by atoms with E-state index in [1.54, 1.807) is 0 Å². The Morgan fingerprint density at radius 1 is 1.18 bits per heavy atom. The van der Waals surface area contributed by atoms with E-state index in [4.69, 9.17) is 0 Å². The second-order valence-electron chi connectivity index (χ2n) is 4.50. The van der Waals surface area contributed by atoms with Crippen LogP contribution in [0.4, 0.5) is 13.2 Å². The van der Waals surface area contributed by atoms with Gasteiger partial charge in [-0.25, -0.2) is 9.97 Å². The smallest absolute Gasteiger partial charge is 0.252 e. The number of rotatable bonds is 3. The van der Waals surface area contributed by atoms with Crippen LogP contribution < -0.4 is 0 Å². The van der Waals surface area contributed by atoms with Crippen LogP contribution in [0.15, 0.2) is 46.9 Å². The number of benzene rings is 1. The van der Waals surface area contributed by atoms with Gasteiger partial charge >= 0.3 is 6.18 Å².